The Hall–Kier alpha value is -2.80. The summed E-state index contributed by atoms with van der Waals surface area (Å²) in [5.74, 6) is 0.173. The van der Waals surface area contributed by atoms with Gasteiger partial charge in [-0.15, -0.1) is 0 Å². The van der Waals surface area contributed by atoms with Gasteiger partial charge >= 0.3 is 0 Å². The van der Waals surface area contributed by atoms with Gasteiger partial charge in [0.25, 0.3) is 0 Å². The van der Waals surface area contributed by atoms with E-state index in [1.807, 2.05) is 29.7 Å². The Balaban J connectivity index is 2.38. The number of nitrogens with zero attached hydrogens (tertiary/aromatic N) is 3. The van der Waals surface area contributed by atoms with Crippen LogP contribution in [0.15, 0.2) is 42.9 Å². The summed E-state index contributed by atoms with van der Waals surface area (Å²) in [6, 6.07) is 9.26. The van der Waals surface area contributed by atoms with Crippen LogP contribution in [0.2, 0.25) is 0 Å². The Morgan fingerprint density at radius 2 is 2.16 bits per heavy atom. The molecule has 3 heterocycles. The molecule has 0 aliphatic carbocycles. The molecule has 0 aliphatic rings. The third-order valence-corrected chi connectivity index (χ3v) is 3.09. The third-order valence-electron chi connectivity index (χ3n) is 3.09. The van der Waals surface area contributed by atoms with Gasteiger partial charge in [0.1, 0.15) is 11.8 Å². The summed E-state index contributed by atoms with van der Waals surface area (Å²) in [4.78, 5) is 4.04. The second-order valence-electron chi connectivity index (χ2n) is 4.41. The summed E-state index contributed by atoms with van der Waals surface area (Å²) in [6.45, 7) is 1.97. The molecule has 0 saturated heterocycles. The van der Waals surface area contributed by atoms with Crippen molar-refractivity contribution in [2.75, 3.05) is 0 Å². The highest BCUT2D eigenvalue weighted by atomic mass is 16.3. The fraction of sp³-hybridized carbons (Fsp3) is 0.0667. The number of hydrogen-bond acceptors (Lipinski definition) is 3. The monoisotopic (exact) mass is 249 g/mol. The number of aromatic hydroxyl groups is 1. The van der Waals surface area contributed by atoms with E-state index in [0.29, 0.717) is 11.1 Å². The molecule has 0 unspecified atom stereocenters. The zero-order valence-electron chi connectivity index (χ0n) is 10.3. The summed E-state index contributed by atoms with van der Waals surface area (Å²) in [5.41, 5.74) is 3.97. The largest absolute Gasteiger partial charge is 0.507 e. The number of aryl methyl sites for hydroxylation is 1. The lowest BCUT2D eigenvalue weighted by Crippen LogP contribution is -1.93. The lowest BCUT2D eigenvalue weighted by molar-refractivity contribution is 0.476. The Morgan fingerprint density at radius 3 is 2.89 bits per heavy atom. The molecule has 3 rings (SSSR count). The normalized spacial score (nSPS) is 10.5. The molecule has 3 aromatic heterocycles. The minimum Gasteiger partial charge on any atom is -0.507 e. The summed E-state index contributed by atoms with van der Waals surface area (Å²) < 4.78 is 1.91. The fourth-order valence-corrected chi connectivity index (χ4v) is 2.23. The highest BCUT2D eigenvalue weighted by Crippen LogP contribution is 2.30. The molecule has 0 atom stereocenters. The van der Waals surface area contributed by atoms with Crippen molar-refractivity contribution >= 4 is 5.52 Å². The van der Waals surface area contributed by atoms with Crippen LogP contribution in [0.5, 0.6) is 5.75 Å². The van der Waals surface area contributed by atoms with Crippen molar-refractivity contribution in [1.82, 2.24) is 9.38 Å². The van der Waals surface area contributed by atoms with E-state index in [-0.39, 0.29) is 5.75 Å². The molecule has 0 aliphatic heterocycles. The van der Waals surface area contributed by atoms with Crippen molar-refractivity contribution in [3.8, 4) is 23.1 Å². The molecule has 1 N–H and O–H groups in total. The molecule has 0 amide bonds. The van der Waals surface area contributed by atoms with E-state index in [0.717, 1.165) is 16.8 Å². The van der Waals surface area contributed by atoms with Crippen LogP contribution in [0.25, 0.3) is 16.8 Å². The maximum Gasteiger partial charge on any atom is 0.128 e. The maximum absolute atomic E-state index is 9.94. The molecular weight excluding hydrogens is 238 g/mol. The Bertz CT molecular complexity index is 812. The van der Waals surface area contributed by atoms with Gasteiger partial charge in [-0.2, -0.15) is 5.26 Å². The van der Waals surface area contributed by atoms with Gasteiger partial charge in [0.15, 0.2) is 0 Å². The Kier molecular flexibility index (Phi) is 2.46. The van der Waals surface area contributed by atoms with E-state index < -0.39 is 0 Å². The standard InChI is InChI=1S/C15H11N3O/c1-10-6-14-11(7-16)2-3-13(18(14)9-10)12-8-17-5-4-15(12)19/h2-6,8-9H,1H3,(H,17,19). The number of fused-ring (bicyclic) bond motifs is 1. The van der Waals surface area contributed by atoms with Gasteiger partial charge in [0, 0.05) is 18.6 Å². The van der Waals surface area contributed by atoms with Crippen molar-refractivity contribution in [2.24, 2.45) is 0 Å². The van der Waals surface area contributed by atoms with Gasteiger partial charge in [-0.3, -0.25) is 4.98 Å². The second-order valence-corrected chi connectivity index (χ2v) is 4.41. The van der Waals surface area contributed by atoms with Crippen LogP contribution in [0.4, 0.5) is 0 Å². The van der Waals surface area contributed by atoms with Crippen LogP contribution in [0, 0.1) is 18.3 Å². The SMILES string of the molecule is Cc1cc2c(C#N)ccc(-c3cnccc3O)n2c1. The molecule has 0 aromatic carbocycles. The first-order chi connectivity index (χ1) is 9.20. The molecule has 4 heteroatoms. The van der Waals surface area contributed by atoms with Gasteiger partial charge in [-0.1, -0.05) is 0 Å². The minimum atomic E-state index is 0.173. The first kappa shape index (κ1) is 11.3. The first-order valence-electron chi connectivity index (χ1n) is 5.86. The zero-order chi connectivity index (χ0) is 13.4. The lowest BCUT2D eigenvalue weighted by Gasteiger charge is -2.08. The second kappa shape index (κ2) is 4.14. The third kappa shape index (κ3) is 1.72. The van der Waals surface area contributed by atoms with Crippen molar-refractivity contribution in [1.29, 1.82) is 5.26 Å². The summed E-state index contributed by atoms with van der Waals surface area (Å²) in [6.07, 6.45) is 5.10. The number of rotatable bonds is 1. The smallest absolute Gasteiger partial charge is 0.128 e. The van der Waals surface area contributed by atoms with Crippen LogP contribution in [0.1, 0.15) is 11.1 Å². The molecule has 0 fully saturated rings. The van der Waals surface area contributed by atoms with Crippen LogP contribution >= 0.6 is 0 Å². The van der Waals surface area contributed by atoms with Crippen LogP contribution in [-0.2, 0) is 0 Å². The highest BCUT2D eigenvalue weighted by Gasteiger charge is 2.11. The van der Waals surface area contributed by atoms with Crippen molar-refractivity contribution in [3.05, 3.63) is 54.0 Å². The maximum atomic E-state index is 9.94. The Labute approximate surface area is 110 Å². The molecule has 0 spiro atoms. The van der Waals surface area contributed by atoms with Crippen LogP contribution in [-0.4, -0.2) is 14.5 Å². The van der Waals surface area contributed by atoms with E-state index in [2.05, 4.69) is 11.1 Å². The predicted octanol–water partition coefficient (Wildman–Crippen LogP) is 2.89. The lowest BCUT2D eigenvalue weighted by atomic mass is 10.1. The number of nitriles is 1. The Morgan fingerprint density at radius 1 is 1.32 bits per heavy atom. The average Bonchev–Trinajstić information content (AvgIpc) is 2.80. The van der Waals surface area contributed by atoms with E-state index >= 15 is 0 Å². The van der Waals surface area contributed by atoms with Gasteiger partial charge < -0.3 is 9.51 Å². The van der Waals surface area contributed by atoms with E-state index in [1.54, 1.807) is 24.5 Å². The number of hydrogen-bond donors (Lipinski definition) is 1. The predicted molar refractivity (Wildman–Crippen MR) is 71.7 cm³/mol. The topological polar surface area (TPSA) is 61.3 Å². The van der Waals surface area contributed by atoms with Gasteiger partial charge in [-0.25, -0.2) is 0 Å². The molecule has 92 valence electrons. The van der Waals surface area contributed by atoms with Gasteiger partial charge in [-0.05, 0) is 36.8 Å². The van der Waals surface area contributed by atoms with Gasteiger partial charge in [0.2, 0.25) is 0 Å². The zero-order valence-corrected chi connectivity index (χ0v) is 10.3. The average molecular weight is 249 g/mol. The molecular formula is C15H11N3O. The van der Waals surface area contributed by atoms with E-state index in [9.17, 15) is 5.11 Å². The molecule has 0 bridgehead atoms. The van der Waals surface area contributed by atoms with Crippen LogP contribution in [0.3, 0.4) is 0 Å². The van der Waals surface area contributed by atoms with Crippen molar-refractivity contribution < 1.29 is 5.11 Å². The molecule has 4 nitrogen and oxygen atoms in total. The van der Waals surface area contributed by atoms with E-state index in [4.69, 9.17) is 5.26 Å². The van der Waals surface area contributed by atoms with Crippen molar-refractivity contribution in [3.63, 3.8) is 0 Å². The summed E-state index contributed by atoms with van der Waals surface area (Å²) in [7, 11) is 0. The van der Waals surface area contributed by atoms with Gasteiger partial charge in [0.05, 0.1) is 22.3 Å². The summed E-state index contributed by atoms with van der Waals surface area (Å²) in [5, 5.41) is 19.1. The van der Waals surface area contributed by atoms with Crippen molar-refractivity contribution in [2.45, 2.75) is 6.92 Å². The first-order valence-corrected chi connectivity index (χ1v) is 5.86. The minimum absolute atomic E-state index is 0.173. The highest BCUT2D eigenvalue weighted by molar-refractivity contribution is 5.73. The fourth-order valence-electron chi connectivity index (χ4n) is 2.23. The molecule has 0 radical (unpaired) electrons. The van der Waals surface area contributed by atoms with E-state index in [1.165, 1.54) is 0 Å². The molecule has 19 heavy (non-hydrogen) atoms. The quantitative estimate of drug-likeness (QED) is 0.721. The van der Waals surface area contributed by atoms with Crippen LogP contribution < -0.4 is 0 Å². The number of aromatic nitrogens is 2. The molecule has 3 aromatic rings. The number of pyridine rings is 2. The molecule has 0 saturated carbocycles. The summed E-state index contributed by atoms with van der Waals surface area (Å²) >= 11 is 0.